The molecule has 1 aromatic rings. The molecule has 68 valence electrons. The molecule has 2 unspecified atom stereocenters. The monoisotopic (exact) mass is 168 g/mol. The smallest absolute Gasteiger partial charge is 0.135 e. The molecule has 0 amide bonds. The zero-order valence-electron chi connectivity index (χ0n) is 7.83. The lowest BCUT2D eigenvalue weighted by atomic mass is 10.0. The van der Waals surface area contributed by atoms with E-state index >= 15 is 0 Å². The Kier molecular flexibility index (Phi) is 2.87. The molecule has 1 aromatic heterocycles. The van der Waals surface area contributed by atoms with Gasteiger partial charge in [0.2, 0.25) is 0 Å². The van der Waals surface area contributed by atoms with E-state index in [4.69, 9.17) is 0 Å². The maximum Gasteiger partial charge on any atom is 0.135 e. The molecule has 0 fully saturated rings. The fourth-order valence-electron chi connectivity index (χ4n) is 1.08. The summed E-state index contributed by atoms with van der Waals surface area (Å²) in [6.07, 6.45) is 2.24. The summed E-state index contributed by atoms with van der Waals surface area (Å²) >= 11 is 0. The molecular weight excluding hydrogens is 152 g/mol. The van der Waals surface area contributed by atoms with Crippen molar-refractivity contribution >= 4 is 0 Å². The summed E-state index contributed by atoms with van der Waals surface area (Å²) in [5.74, 6) is 0.942. The molecule has 0 aliphatic heterocycles. The van der Waals surface area contributed by atoms with Gasteiger partial charge in [-0.3, -0.25) is 0 Å². The Hall–Kier alpha value is -0.830. The van der Waals surface area contributed by atoms with E-state index in [9.17, 15) is 5.11 Å². The molecule has 3 heteroatoms. The van der Waals surface area contributed by atoms with Crippen LogP contribution in [0.4, 0.5) is 0 Å². The Morgan fingerprint density at radius 2 is 2.33 bits per heavy atom. The first-order valence-corrected chi connectivity index (χ1v) is 4.34. The number of nitrogens with zero attached hydrogens (tertiary/aromatic N) is 1. The minimum Gasteiger partial charge on any atom is -0.385 e. The van der Waals surface area contributed by atoms with E-state index in [1.807, 2.05) is 13.8 Å². The van der Waals surface area contributed by atoms with Crippen LogP contribution in [0, 0.1) is 12.8 Å². The Labute approximate surface area is 72.8 Å². The van der Waals surface area contributed by atoms with E-state index in [2.05, 4.69) is 16.9 Å². The normalized spacial score (nSPS) is 16.0. The second kappa shape index (κ2) is 3.72. The largest absolute Gasteiger partial charge is 0.385 e. The van der Waals surface area contributed by atoms with Crippen LogP contribution in [-0.2, 0) is 0 Å². The third-order valence-electron chi connectivity index (χ3n) is 2.19. The molecule has 0 spiro atoms. The molecule has 0 aliphatic rings. The van der Waals surface area contributed by atoms with E-state index in [1.54, 1.807) is 6.20 Å². The van der Waals surface area contributed by atoms with E-state index in [-0.39, 0.29) is 5.92 Å². The Morgan fingerprint density at radius 3 is 2.75 bits per heavy atom. The van der Waals surface area contributed by atoms with Crippen molar-refractivity contribution in [3.05, 3.63) is 17.7 Å². The molecule has 0 saturated carbocycles. The van der Waals surface area contributed by atoms with Crippen LogP contribution in [-0.4, -0.2) is 15.1 Å². The number of rotatable bonds is 3. The number of hydrogen-bond donors (Lipinski definition) is 2. The molecule has 2 N–H and O–H groups in total. The zero-order chi connectivity index (χ0) is 9.14. The van der Waals surface area contributed by atoms with Crippen molar-refractivity contribution in [3.63, 3.8) is 0 Å². The topological polar surface area (TPSA) is 48.9 Å². The highest BCUT2D eigenvalue weighted by atomic mass is 16.3. The highest BCUT2D eigenvalue weighted by Crippen LogP contribution is 2.20. The molecule has 0 radical (unpaired) electrons. The molecule has 1 rings (SSSR count). The van der Waals surface area contributed by atoms with Gasteiger partial charge >= 0.3 is 0 Å². The van der Waals surface area contributed by atoms with Gasteiger partial charge in [-0.15, -0.1) is 0 Å². The summed E-state index contributed by atoms with van der Waals surface area (Å²) in [4.78, 5) is 7.11. The lowest BCUT2D eigenvalue weighted by Gasteiger charge is -2.13. The third kappa shape index (κ3) is 1.85. The number of aromatic nitrogens is 2. The number of hydrogen-bond acceptors (Lipinski definition) is 2. The lowest BCUT2D eigenvalue weighted by molar-refractivity contribution is 0.107. The van der Waals surface area contributed by atoms with E-state index < -0.39 is 6.10 Å². The highest BCUT2D eigenvalue weighted by Gasteiger charge is 2.16. The van der Waals surface area contributed by atoms with Crippen molar-refractivity contribution in [2.24, 2.45) is 5.92 Å². The van der Waals surface area contributed by atoms with Crippen LogP contribution in [0.15, 0.2) is 6.20 Å². The summed E-state index contributed by atoms with van der Waals surface area (Å²) in [6, 6.07) is 0. The maximum atomic E-state index is 9.71. The van der Waals surface area contributed by atoms with Crippen LogP contribution in [0.1, 0.15) is 37.9 Å². The van der Waals surface area contributed by atoms with Gasteiger partial charge in [-0.1, -0.05) is 20.3 Å². The van der Waals surface area contributed by atoms with Gasteiger partial charge in [0.1, 0.15) is 11.9 Å². The van der Waals surface area contributed by atoms with E-state index in [0.717, 1.165) is 12.1 Å². The van der Waals surface area contributed by atoms with Gasteiger partial charge in [0, 0.05) is 11.9 Å². The van der Waals surface area contributed by atoms with Gasteiger partial charge in [0.15, 0.2) is 0 Å². The van der Waals surface area contributed by atoms with Gasteiger partial charge in [-0.05, 0) is 12.8 Å². The van der Waals surface area contributed by atoms with Crippen molar-refractivity contribution in [1.29, 1.82) is 0 Å². The van der Waals surface area contributed by atoms with Crippen LogP contribution in [0.25, 0.3) is 0 Å². The minimum atomic E-state index is -0.455. The number of H-pyrrole nitrogens is 1. The molecule has 3 nitrogen and oxygen atoms in total. The Balaban J connectivity index is 2.70. The number of nitrogens with one attached hydrogen (secondary N) is 1. The molecule has 0 bridgehead atoms. The summed E-state index contributed by atoms with van der Waals surface area (Å²) in [6.45, 7) is 6.01. The van der Waals surface area contributed by atoms with Gasteiger partial charge in [0.05, 0.1) is 0 Å². The average molecular weight is 168 g/mol. The van der Waals surface area contributed by atoms with Crippen LogP contribution >= 0.6 is 0 Å². The lowest BCUT2D eigenvalue weighted by Crippen LogP contribution is -2.09. The maximum absolute atomic E-state index is 9.71. The first-order chi connectivity index (χ1) is 5.65. The number of aliphatic hydroxyl groups is 1. The molecule has 0 aliphatic carbocycles. The predicted molar refractivity (Wildman–Crippen MR) is 47.7 cm³/mol. The molecule has 1 heterocycles. The number of imidazole rings is 1. The standard InChI is InChI=1S/C9H16N2O/c1-4-6(2)8(12)9-10-5-7(3)11-9/h5-6,8,12H,4H2,1-3H3,(H,10,11). The van der Waals surface area contributed by atoms with E-state index in [0.29, 0.717) is 5.82 Å². The van der Waals surface area contributed by atoms with Crippen molar-refractivity contribution in [1.82, 2.24) is 9.97 Å². The van der Waals surface area contributed by atoms with Gasteiger partial charge in [0.25, 0.3) is 0 Å². The summed E-state index contributed by atoms with van der Waals surface area (Å²) < 4.78 is 0. The molecule has 0 aromatic carbocycles. The van der Waals surface area contributed by atoms with Gasteiger partial charge in [-0.25, -0.2) is 4.98 Å². The van der Waals surface area contributed by atoms with Crippen molar-refractivity contribution < 1.29 is 5.11 Å². The van der Waals surface area contributed by atoms with Gasteiger partial charge in [-0.2, -0.15) is 0 Å². The van der Waals surface area contributed by atoms with Crippen molar-refractivity contribution in [2.75, 3.05) is 0 Å². The first kappa shape index (κ1) is 9.26. The molecule has 12 heavy (non-hydrogen) atoms. The highest BCUT2D eigenvalue weighted by molar-refractivity contribution is 5.01. The fourth-order valence-corrected chi connectivity index (χ4v) is 1.08. The molecule has 0 saturated heterocycles. The van der Waals surface area contributed by atoms with Crippen LogP contribution in [0.5, 0.6) is 0 Å². The number of aryl methyl sites for hydroxylation is 1. The number of aromatic amines is 1. The summed E-state index contributed by atoms with van der Waals surface area (Å²) in [7, 11) is 0. The zero-order valence-corrected chi connectivity index (χ0v) is 7.83. The van der Waals surface area contributed by atoms with E-state index in [1.165, 1.54) is 0 Å². The summed E-state index contributed by atoms with van der Waals surface area (Å²) in [5.41, 5.74) is 0.993. The Bertz CT molecular complexity index is 244. The third-order valence-corrected chi connectivity index (χ3v) is 2.19. The second-order valence-electron chi connectivity index (χ2n) is 3.28. The van der Waals surface area contributed by atoms with Crippen molar-refractivity contribution in [2.45, 2.75) is 33.3 Å². The summed E-state index contributed by atoms with van der Waals surface area (Å²) in [5, 5.41) is 9.71. The quantitative estimate of drug-likeness (QED) is 0.723. The van der Waals surface area contributed by atoms with Crippen LogP contribution in [0.3, 0.4) is 0 Å². The molecular formula is C9H16N2O. The van der Waals surface area contributed by atoms with Crippen LogP contribution in [0.2, 0.25) is 0 Å². The van der Waals surface area contributed by atoms with Gasteiger partial charge < -0.3 is 10.1 Å². The van der Waals surface area contributed by atoms with Crippen molar-refractivity contribution in [3.8, 4) is 0 Å². The SMILES string of the molecule is CCC(C)C(O)c1ncc(C)[nH]1. The fraction of sp³-hybridized carbons (Fsp3) is 0.667. The average Bonchev–Trinajstić information content (AvgIpc) is 2.49. The predicted octanol–water partition coefficient (Wildman–Crippen LogP) is 1.80. The molecule has 2 atom stereocenters. The minimum absolute atomic E-state index is 0.260. The first-order valence-electron chi connectivity index (χ1n) is 4.34. The van der Waals surface area contributed by atoms with Crippen LogP contribution < -0.4 is 0 Å². The Morgan fingerprint density at radius 1 is 1.67 bits per heavy atom. The number of aliphatic hydroxyl groups excluding tert-OH is 1. The second-order valence-corrected chi connectivity index (χ2v) is 3.28.